The molecule has 0 heterocycles. The number of benzene rings is 3. The maximum Gasteiger partial charge on any atom is 0.305 e. The van der Waals surface area contributed by atoms with Gasteiger partial charge in [-0.05, 0) is 84.8 Å². The zero-order chi connectivity index (χ0) is 23.6. The number of hydrogen-bond donors (Lipinski definition) is 1. The summed E-state index contributed by atoms with van der Waals surface area (Å²) in [7, 11) is 0. The second kappa shape index (κ2) is 12.1. The second-order valence-corrected chi connectivity index (χ2v) is 7.91. The zero-order valence-electron chi connectivity index (χ0n) is 19.6. The van der Waals surface area contributed by atoms with Crippen LogP contribution in [-0.4, -0.2) is 24.3 Å². The Kier molecular flexibility index (Phi) is 8.90. The van der Waals surface area contributed by atoms with Gasteiger partial charge in [-0.25, -0.2) is 0 Å². The fraction of sp³-hybridized carbons (Fsp3) is 0.321. The van der Waals surface area contributed by atoms with Gasteiger partial charge in [-0.2, -0.15) is 0 Å². The molecule has 0 fully saturated rings. The van der Waals surface area contributed by atoms with Crippen LogP contribution >= 0.6 is 0 Å². The van der Waals surface area contributed by atoms with Gasteiger partial charge < -0.3 is 19.3 Å². The van der Waals surface area contributed by atoms with Crippen molar-refractivity contribution in [2.75, 3.05) is 13.2 Å². The molecule has 0 atom stereocenters. The van der Waals surface area contributed by atoms with Gasteiger partial charge in [-0.1, -0.05) is 36.4 Å². The molecule has 5 nitrogen and oxygen atoms in total. The van der Waals surface area contributed by atoms with Crippen LogP contribution in [0.1, 0.15) is 42.0 Å². The highest BCUT2D eigenvalue weighted by Gasteiger charge is 2.10. The van der Waals surface area contributed by atoms with Crippen LogP contribution in [-0.2, 0) is 22.7 Å². The van der Waals surface area contributed by atoms with Crippen LogP contribution < -0.4 is 9.47 Å². The van der Waals surface area contributed by atoms with Crippen molar-refractivity contribution in [1.29, 1.82) is 0 Å². The standard InChI is InChI=1S/C28H32O5/c1-4-31-28(30)9-6-16-32-25-14-15-26(20(2)17-25)27-8-5-7-23(21(27)3)19-33-24-12-10-22(18-29)11-13-24/h5,7-8,10-15,17,29H,4,6,9,16,18-19H2,1-3H3. The summed E-state index contributed by atoms with van der Waals surface area (Å²) >= 11 is 0. The van der Waals surface area contributed by atoms with Gasteiger partial charge in [0.2, 0.25) is 0 Å². The Labute approximate surface area is 195 Å². The molecule has 3 aromatic rings. The fourth-order valence-electron chi connectivity index (χ4n) is 3.65. The second-order valence-electron chi connectivity index (χ2n) is 7.91. The minimum Gasteiger partial charge on any atom is -0.494 e. The Morgan fingerprint density at radius 3 is 2.36 bits per heavy atom. The van der Waals surface area contributed by atoms with Crippen molar-refractivity contribution in [2.24, 2.45) is 0 Å². The van der Waals surface area contributed by atoms with E-state index in [1.165, 1.54) is 5.56 Å². The number of rotatable bonds is 11. The average Bonchev–Trinajstić information content (AvgIpc) is 2.82. The topological polar surface area (TPSA) is 65.0 Å². The summed E-state index contributed by atoms with van der Waals surface area (Å²) < 4.78 is 16.7. The highest BCUT2D eigenvalue weighted by atomic mass is 16.5. The van der Waals surface area contributed by atoms with E-state index in [1.807, 2.05) is 36.4 Å². The summed E-state index contributed by atoms with van der Waals surface area (Å²) in [4.78, 5) is 11.4. The first-order chi connectivity index (χ1) is 16.0. The SMILES string of the molecule is CCOC(=O)CCCOc1ccc(-c2cccc(COc3ccc(CO)cc3)c2C)c(C)c1. The number of carbonyl (C=O) groups excluding carboxylic acids is 1. The van der Waals surface area contributed by atoms with Crippen molar-refractivity contribution >= 4 is 5.97 Å². The summed E-state index contributed by atoms with van der Waals surface area (Å²) in [6.07, 6.45) is 0.994. The monoisotopic (exact) mass is 448 g/mol. The lowest BCUT2D eigenvalue weighted by Crippen LogP contribution is -2.06. The number of aliphatic hydroxyl groups is 1. The quantitative estimate of drug-likeness (QED) is 0.298. The first kappa shape index (κ1) is 24.3. The van der Waals surface area contributed by atoms with E-state index in [9.17, 15) is 9.90 Å². The van der Waals surface area contributed by atoms with Gasteiger partial charge in [0.15, 0.2) is 0 Å². The lowest BCUT2D eigenvalue weighted by molar-refractivity contribution is -0.143. The number of esters is 1. The zero-order valence-corrected chi connectivity index (χ0v) is 19.6. The van der Waals surface area contributed by atoms with Crippen LogP contribution in [0.25, 0.3) is 11.1 Å². The maximum atomic E-state index is 11.4. The lowest BCUT2D eigenvalue weighted by atomic mass is 9.93. The third-order valence-electron chi connectivity index (χ3n) is 5.53. The molecule has 0 radical (unpaired) electrons. The van der Waals surface area contributed by atoms with E-state index < -0.39 is 0 Å². The largest absolute Gasteiger partial charge is 0.494 e. The van der Waals surface area contributed by atoms with Crippen LogP contribution in [0.5, 0.6) is 11.5 Å². The summed E-state index contributed by atoms with van der Waals surface area (Å²) in [5, 5.41) is 9.18. The molecule has 3 aromatic carbocycles. The van der Waals surface area contributed by atoms with Crippen molar-refractivity contribution in [1.82, 2.24) is 0 Å². The van der Waals surface area contributed by atoms with Crippen molar-refractivity contribution in [2.45, 2.75) is 46.8 Å². The first-order valence-corrected chi connectivity index (χ1v) is 11.3. The summed E-state index contributed by atoms with van der Waals surface area (Å²) in [6.45, 7) is 7.37. The number of aliphatic hydroxyl groups excluding tert-OH is 1. The Morgan fingerprint density at radius 1 is 0.909 bits per heavy atom. The smallest absolute Gasteiger partial charge is 0.305 e. The van der Waals surface area contributed by atoms with Crippen LogP contribution in [0.3, 0.4) is 0 Å². The number of ether oxygens (including phenoxy) is 3. The van der Waals surface area contributed by atoms with E-state index in [0.29, 0.717) is 32.7 Å². The molecular formula is C28H32O5. The first-order valence-electron chi connectivity index (χ1n) is 11.3. The normalized spacial score (nSPS) is 10.7. The van der Waals surface area contributed by atoms with Gasteiger partial charge in [0.25, 0.3) is 0 Å². The molecule has 33 heavy (non-hydrogen) atoms. The fourth-order valence-corrected chi connectivity index (χ4v) is 3.65. The van der Waals surface area contributed by atoms with Crippen molar-refractivity contribution in [3.63, 3.8) is 0 Å². The molecule has 0 bridgehead atoms. The predicted octanol–water partition coefficient (Wildman–Crippen LogP) is 5.76. The van der Waals surface area contributed by atoms with Crippen molar-refractivity contribution in [3.05, 3.63) is 82.9 Å². The van der Waals surface area contributed by atoms with Crippen LogP contribution in [0.15, 0.2) is 60.7 Å². The molecule has 0 aromatic heterocycles. The van der Waals surface area contributed by atoms with Gasteiger partial charge in [-0.3, -0.25) is 4.79 Å². The third kappa shape index (κ3) is 6.83. The molecular weight excluding hydrogens is 416 g/mol. The number of aryl methyl sites for hydroxylation is 1. The average molecular weight is 449 g/mol. The van der Waals surface area contributed by atoms with Gasteiger partial charge in [0.1, 0.15) is 18.1 Å². The molecule has 0 unspecified atom stereocenters. The summed E-state index contributed by atoms with van der Waals surface area (Å²) in [5.74, 6) is 1.38. The van der Waals surface area contributed by atoms with Gasteiger partial charge in [0.05, 0.1) is 19.8 Å². The van der Waals surface area contributed by atoms with Crippen LogP contribution in [0.4, 0.5) is 0 Å². The van der Waals surface area contributed by atoms with Crippen LogP contribution in [0.2, 0.25) is 0 Å². The Bertz CT molecular complexity index is 1060. The molecule has 0 saturated heterocycles. The molecule has 3 rings (SSSR count). The Balaban J connectivity index is 1.64. The molecule has 0 aliphatic heterocycles. The van der Waals surface area contributed by atoms with Gasteiger partial charge in [-0.15, -0.1) is 0 Å². The number of hydrogen-bond acceptors (Lipinski definition) is 5. The maximum absolute atomic E-state index is 11.4. The van der Waals surface area contributed by atoms with E-state index in [4.69, 9.17) is 14.2 Å². The number of carbonyl (C=O) groups is 1. The molecule has 0 aliphatic rings. The van der Waals surface area contributed by atoms with Gasteiger partial charge in [0, 0.05) is 6.42 Å². The molecule has 174 valence electrons. The van der Waals surface area contributed by atoms with E-state index in [2.05, 4.69) is 38.1 Å². The molecule has 1 N–H and O–H groups in total. The summed E-state index contributed by atoms with van der Waals surface area (Å²) in [5.41, 5.74) is 6.60. The lowest BCUT2D eigenvalue weighted by Gasteiger charge is -2.15. The highest BCUT2D eigenvalue weighted by molar-refractivity contribution is 5.72. The van der Waals surface area contributed by atoms with Crippen LogP contribution in [0, 0.1) is 13.8 Å². The van der Waals surface area contributed by atoms with Gasteiger partial charge >= 0.3 is 5.97 Å². The highest BCUT2D eigenvalue weighted by Crippen LogP contribution is 2.31. The summed E-state index contributed by atoms with van der Waals surface area (Å²) in [6, 6.07) is 19.8. The molecule has 0 aliphatic carbocycles. The van der Waals surface area contributed by atoms with E-state index >= 15 is 0 Å². The van der Waals surface area contributed by atoms with E-state index in [0.717, 1.165) is 39.3 Å². The molecule has 0 spiro atoms. The Morgan fingerprint density at radius 2 is 1.67 bits per heavy atom. The molecule has 0 saturated carbocycles. The van der Waals surface area contributed by atoms with E-state index in [1.54, 1.807) is 6.92 Å². The van der Waals surface area contributed by atoms with Crippen molar-refractivity contribution in [3.8, 4) is 22.6 Å². The molecule has 0 amide bonds. The minimum atomic E-state index is -0.186. The van der Waals surface area contributed by atoms with E-state index in [-0.39, 0.29) is 12.6 Å². The molecule has 5 heteroatoms. The predicted molar refractivity (Wildman–Crippen MR) is 129 cm³/mol. The Hall–Kier alpha value is -3.31. The minimum absolute atomic E-state index is 0.0260. The third-order valence-corrected chi connectivity index (χ3v) is 5.53. The van der Waals surface area contributed by atoms with Crippen molar-refractivity contribution < 1.29 is 24.1 Å².